The Kier molecular flexibility index (Phi) is 52.9. The Morgan fingerprint density at radius 3 is 0.938 bits per heavy atom. The lowest BCUT2D eigenvalue weighted by Crippen LogP contribution is -2.46. The van der Waals surface area contributed by atoms with Crippen molar-refractivity contribution < 1.29 is 24.5 Å². The highest BCUT2D eigenvalue weighted by Gasteiger charge is 2.24. The van der Waals surface area contributed by atoms with Crippen LogP contribution in [0.4, 0.5) is 0 Å². The number of aliphatic hydroxyl groups excluding tert-OH is 2. The third kappa shape index (κ3) is 49.1. The Labute approximate surface area is 406 Å². The third-order valence-corrected chi connectivity index (χ3v) is 14.2. The van der Waals surface area contributed by atoms with Crippen LogP contribution in [0.3, 0.4) is 0 Å². The number of carbonyl (C=O) groups excluding carboxylic acids is 2. The van der Waals surface area contributed by atoms with E-state index in [2.05, 4.69) is 26.1 Å². The van der Waals surface area contributed by atoms with Crippen LogP contribution >= 0.6 is 0 Å². The molecule has 0 radical (unpaired) electrons. The highest BCUT2D eigenvalue weighted by Crippen LogP contribution is 2.20. The Hall–Kier alpha value is -1.14. The van der Waals surface area contributed by atoms with Gasteiger partial charge in [0.1, 0.15) is 6.10 Å². The van der Waals surface area contributed by atoms with Gasteiger partial charge in [0.25, 0.3) is 0 Å². The molecule has 0 aromatic rings. The predicted octanol–water partition coefficient (Wildman–Crippen LogP) is 18.3. The molecule has 0 heterocycles. The summed E-state index contributed by atoms with van der Waals surface area (Å²) in [6, 6.07) is -0.693. The van der Waals surface area contributed by atoms with Crippen LogP contribution in [0.15, 0.2) is 0 Å². The first-order valence-electron chi connectivity index (χ1n) is 29.8. The number of carbonyl (C=O) groups is 2. The van der Waals surface area contributed by atoms with Crippen molar-refractivity contribution in [3.63, 3.8) is 0 Å². The lowest BCUT2D eigenvalue weighted by Gasteiger charge is -2.24. The van der Waals surface area contributed by atoms with Gasteiger partial charge in [-0.25, -0.2) is 0 Å². The zero-order chi connectivity index (χ0) is 47.4. The summed E-state index contributed by atoms with van der Waals surface area (Å²) >= 11 is 0. The monoisotopic (exact) mass is 920 g/mol. The largest absolute Gasteiger partial charge is 0.462 e. The lowest BCUT2D eigenvalue weighted by molar-refractivity contribution is -0.151. The minimum Gasteiger partial charge on any atom is -0.462 e. The van der Waals surface area contributed by atoms with Crippen LogP contribution in [0.25, 0.3) is 0 Å². The molecule has 0 aliphatic carbocycles. The summed E-state index contributed by atoms with van der Waals surface area (Å²) in [5.74, 6) is -0.444. The first kappa shape index (κ1) is 63.9. The first-order chi connectivity index (χ1) is 32.0. The summed E-state index contributed by atoms with van der Waals surface area (Å²) in [4.78, 5) is 26.3. The predicted molar refractivity (Wildman–Crippen MR) is 283 cm³/mol. The first-order valence-corrected chi connectivity index (χ1v) is 29.8. The SMILES string of the molecule is CCCCCCCCCCCCCCCCCCCC(CC(=O)NC(CO)C(O)CCCCCCCCCCCCCCCCCC)OC(=O)CCCCCCCCCCCCCCC. The van der Waals surface area contributed by atoms with Crippen LogP contribution < -0.4 is 5.32 Å². The second-order valence-electron chi connectivity index (χ2n) is 20.8. The number of hydrogen-bond donors (Lipinski definition) is 3. The normalized spacial score (nSPS) is 13.0. The molecule has 0 aliphatic heterocycles. The molecular formula is C59H117NO5. The summed E-state index contributed by atoms with van der Waals surface area (Å²) in [5.41, 5.74) is 0. The third-order valence-electron chi connectivity index (χ3n) is 14.2. The maximum atomic E-state index is 13.3. The van der Waals surface area contributed by atoms with Crippen molar-refractivity contribution in [1.29, 1.82) is 0 Å². The summed E-state index contributed by atoms with van der Waals surface area (Å²) in [6.45, 7) is 6.54. The molecule has 3 N–H and O–H groups in total. The molecule has 1 amide bonds. The van der Waals surface area contributed by atoms with E-state index in [1.54, 1.807) is 0 Å². The van der Waals surface area contributed by atoms with E-state index in [0.29, 0.717) is 19.3 Å². The Morgan fingerprint density at radius 1 is 0.385 bits per heavy atom. The average molecular weight is 921 g/mol. The molecular weight excluding hydrogens is 803 g/mol. The van der Waals surface area contributed by atoms with E-state index in [-0.39, 0.29) is 24.9 Å². The van der Waals surface area contributed by atoms with Crippen molar-refractivity contribution in [2.24, 2.45) is 0 Å². The minimum absolute atomic E-state index is 0.0888. The second kappa shape index (κ2) is 53.8. The number of nitrogens with one attached hydrogen (secondary N) is 1. The Bertz CT molecular complexity index is 944. The van der Waals surface area contributed by atoms with Crippen molar-refractivity contribution >= 4 is 11.9 Å². The van der Waals surface area contributed by atoms with Gasteiger partial charge < -0.3 is 20.3 Å². The molecule has 3 atom stereocenters. The highest BCUT2D eigenvalue weighted by molar-refractivity contribution is 5.77. The summed E-state index contributed by atoms with van der Waals surface area (Å²) in [7, 11) is 0. The summed E-state index contributed by atoms with van der Waals surface area (Å²) in [5, 5.41) is 23.9. The van der Waals surface area contributed by atoms with E-state index in [1.165, 1.54) is 257 Å². The molecule has 6 nitrogen and oxygen atoms in total. The highest BCUT2D eigenvalue weighted by atomic mass is 16.5. The van der Waals surface area contributed by atoms with Crippen molar-refractivity contribution in [3.05, 3.63) is 0 Å². The van der Waals surface area contributed by atoms with Gasteiger partial charge in [-0.05, 0) is 25.7 Å². The number of hydrogen-bond acceptors (Lipinski definition) is 5. The molecule has 0 aromatic carbocycles. The van der Waals surface area contributed by atoms with Crippen LogP contribution in [0.1, 0.15) is 342 Å². The van der Waals surface area contributed by atoms with Crippen molar-refractivity contribution in [1.82, 2.24) is 5.32 Å². The van der Waals surface area contributed by atoms with E-state index in [1.807, 2.05) is 0 Å². The van der Waals surface area contributed by atoms with Gasteiger partial charge in [-0.1, -0.05) is 303 Å². The Morgan fingerprint density at radius 2 is 0.646 bits per heavy atom. The van der Waals surface area contributed by atoms with E-state index in [9.17, 15) is 19.8 Å². The number of unbranched alkanes of at least 4 members (excludes halogenated alkanes) is 43. The van der Waals surface area contributed by atoms with E-state index in [0.717, 1.165) is 38.5 Å². The molecule has 388 valence electrons. The van der Waals surface area contributed by atoms with Crippen LogP contribution in [0, 0.1) is 0 Å². The fraction of sp³-hybridized carbons (Fsp3) is 0.966. The van der Waals surface area contributed by atoms with E-state index >= 15 is 0 Å². The second-order valence-corrected chi connectivity index (χ2v) is 20.8. The molecule has 0 spiro atoms. The molecule has 65 heavy (non-hydrogen) atoms. The molecule has 0 aromatic heterocycles. The van der Waals surface area contributed by atoms with Gasteiger partial charge in [0, 0.05) is 6.42 Å². The van der Waals surface area contributed by atoms with Gasteiger partial charge in [-0.3, -0.25) is 9.59 Å². The molecule has 0 aliphatic rings. The van der Waals surface area contributed by atoms with E-state index < -0.39 is 18.2 Å². The quantitative estimate of drug-likeness (QED) is 0.0417. The molecule has 0 fully saturated rings. The van der Waals surface area contributed by atoms with E-state index in [4.69, 9.17) is 4.74 Å². The van der Waals surface area contributed by atoms with Gasteiger partial charge in [-0.15, -0.1) is 0 Å². The molecule has 0 bridgehead atoms. The number of ether oxygens (including phenoxy) is 1. The van der Waals surface area contributed by atoms with Crippen LogP contribution in [0.5, 0.6) is 0 Å². The van der Waals surface area contributed by atoms with Crippen LogP contribution in [-0.2, 0) is 14.3 Å². The lowest BCUT2D eigenvalue weighted by atomic mass is 10.0. The van der Waals surface area contributed by atoms with Crippen molar-refractivity contribution in [3.8, 4) is 0 Å². The number of esters is 1. The number of rotatable bonds is 55. The van der Waals surface area contributed by atoms with Gasteiger partial charge in [0.15, 0.2) is 0 Å². The van der Waals surface area contributed by atoms with Gasteiger partial charge in [-0.2, -0.15) is 0 Å². The number of aliphatic hydroxyl groups is 2. The maximum Gasteiger partial charge on any atom is 0.306 e. The fourth-order valence-electron chi connectivity index (χ4n) is 9.67. The zero-order valence-corrected chi connectivity index (χ0v) is 44.4. The summed E-state index contributed by atoms with van der Waals surface area (Å²) < 4.78 is 5.97. The van der Waals surface area contributed by atoms with Gasteiger partial charge >= 0.3 is 5.97 Å². The molecule has 0 saturated heterocycles. The molecule has 3 unspecified atom stereocenters. The standard InChI is InChI=1S/C59H117NO5/c1-4-7-10-13-16-19-22-25-27-29-30-33-35-38-41-44-47-50-55(65-59(64)52-49-46-43-40-37-32-24-21-18-15-12-9-6-3)53-58(63)60-56(54-61)57(62)51-48-45-42-39-36-34-31-28-26-23-20-17-14-11-8-5-2/h55-57,61-62H,4-54H2,1-3H3,(H,60,63). The molecule has 6 heteroatoms. The average Bonchev–Trinajstić information content (AvgIpc) is 3.30. The minimum atomic E-state index is -0.780. The fourth-order valence-corrected chi connectivity index (χ4v) is 9.67. The summed E-state index contributed by atoms with van der Waals surface area (Å²) in [6.07, 6.45) is 60.3. The van der Waals surface area contributed by atoms with Gasteiger partial charge in [0.05, 0.1) is 25.2 Å². The zero-order valence-electron chi connectivity index (χ0n) is 44.4. The van der Waals surface area contributed by atoms with Gasteiger partial charge in [0.2, 0.25) is 5.91 Å². The smallest absolute Gasteiger partial charge is 0.306 e. The van der Waals surface area contributed by atoms with Crippen molar-refractivity contribution in [2.75, 3.05) is 6.61 Å². The topological polar surface area (TPSA) is 95.9 Å². The molecule has 0 saturated carbocycles. The Balaban J connectivity index is 4.47. The van der Waals surface area contributed by atoms with Crippen LogP contribution in [-0.4, -0.2) is 46.9 Å². The van der Waals surface area contributed by atoms with Crippen LogP contribution in [0.2, 0.25) is 0 Å². The molecule has 0 rings (SSSR count). The maximum absolute atomic E-state index is 13.3. The van der Waals surface area contributed by atoms with Crippen molar-refractivity contribution in [2.45, 2.75) is 360 Å². The number of amides is 1.